The predicted molar refractivity (Wildman–Crippen MR) is 81.3 cm³/mol. The summed E-state index contributed by atoms with van der Waals surface area (Å²) >= 11 is 6.05. The van der Waals surface area contributed by atoms with Crippen molar-refractivity contribution in [3.8, 4) is 0 Å². The van der Waals surface area contributed by atoms with Crippen LogP contribution >= 0.6 is 11.6 Å². The summed E-state index contributed by atoms with van der Waals surface area (Å²) in [5.41, 5.74) is 4.98. The molecule has 2 heterocycles. The van der Waals surface area contributed by atoms with Gasteiger partial charge in [0.15, 0.2) is 0 Å². The zero-order valence-corrected chi connectivity index (χ0v) is 12.6. The van der Waals surface area contributed by atoms with Gasteiger partial charge >= 0.3 is 0 Å². The second-order valence-corrected chi connectivity index (χ2v) is 4.91. The van der Waals surface area contributed by atoms with Crippen LogP contribution in [0.2, 0.25) is 5.02 Å². The zero-order valence-electron chi connectivity index (χ0n) is 11.9. The highest BCUT2D eigenvalue weighted by Crippen LogP contribution is 2.18. The lowest BCUT2D eigenvalue weighted by molar-refractivity contribution is -0.121. The molecule has 0 saturated carbocycles. The minimum Gasteiger partial charge on any atom is -0.273 e. The average molecular weight is 306 g/mol. The number of aromatic nitrogens is 3. The van der Waals surface area contributed by atoms with Crippen LogP contribution in [0.15, 0.2) is 29.6 Å². The highest BCUT2D eigenvalue weighted by Gasteiger charge is 2.10. The number of rotatable bonds is 5. The van der Waals surface area contributed by atoms with Gasteiger partial charge in [0.1, 0.15) is 0 Å². The van der Waals surface area contributed by atoms with Gasteiger partial charge in [-0.05, 0) is 31.5 Å². The van der Waals surface area contributed by atoms with Crippen molar-refractivity contribution in [2.24, 2.45) is 5.10 Å². The Labute approximate surface area is 127 Å². The summed E-state index contributed by atoms with van der Waals surface area (Å²) in [7, 11) is 0. The molecule has 1 amide bonds. The van der Waals surface area contributed by atoms with Gasteiger partial charge in [-0.15, -0.1) is 0 Å². The molecule has 2 aromatic rings. The largest absolute Gasteiger partial charge is 0.273 e. The molecule has 21 heavy (non-hydrogen) atoms. The Morgan fingerprint density at radius 1 is 1.43 bits per heavy atom. The van der Waals surface area contributed by atoms with E-state index in [-0.39, 0.29) is 12.3 Å². The molecule has 0 bridgehead atoms. The first kappa shape index (κ1) is 15.2. The Balaban J connectivity index is 1.82. The summed E-state index contributed by atoms with van der Waals surface area (Å²) in [5.74, 6) is -0.177. The molecule has 0 radical (unpaired) electrons. The minimum atomic E-state index is -0.177. The minimum absolute atomic E-state index is 0.177. The van der Waals surface area contributed by atoms with Gasteiger partial charge in [-0.2, -0.15) is 10.2 Å². The number of carbonyl (C=O) groups excluding carboxylic acids is 1. The van der Waals surface area contributed by atoms with Crippen LogP contribution in [-0.4, -0.2) is 26.9 Å². The number of hydrogen-bond donors (Lipinski definition) is 1. The van der Waals surface area contributed by atoms with Crippen LogP contribution < -0.4 is 5.43 Å². The summed E-state index contributed by atoms with van der Waals surface area (Å²) in [6, 6.07) is 3.60. The van der Waals surface area contributed by atoms with Gasteiger partial charge in [0, 0.05) is 18.8 Å². The molecule has 0 fully saturated rings. The molecule has 0 unspecified atom stereocenters. The van der Waals surface area contributed by atoms with Gasteiger partial charge in [-0.1, -0.05) is 11.6 Å². The second-order valence-electron chi connectivity index (χ2n) is 4.53. The topological polar surface area (TPSA) is 72.2 Å². The quantitative estimate of drug-likeness (QED) is 0.679. The van der Waals surface area contributed by atoms with Crippen molar-refractivity contribution in [3.63, 3.8) is 0 Å². The third-order valence-electron chi connectivity index (χ3n) is 2.95. The summed E-state index contributed by atoms with van der Waals surface area (Å²) in [6.45, 7) is 4.18. The molecular weight excluding hydrogens is 290 g/mol. The molecule has 0 spiro atoms. The number of nitrogens with one attached hydrogen (secondary N) is 1. The fourth-order valence-electron chi connectivity index (χ4n) is 1.78. The van der Waals surface area contributed by atoms with E-state index >= 15 is 0 Å². The zero-order chi connectivity index (χ0) is 15.2. The van der Waals surface area contributed by atoms with Crippen LogP contribution in [0.1, 0.15) is 23.4 Å². The first-order chi connectivity index (χ1) is 10.1. The summed E-state index contributed by atoms with van der Waals surface area (Å²) in [4.78, 5) is 15.6. The van der Waals surface area contributed by atoms with E-state index < -0.39 is 0 Å². The molecule has 6 nitrogen and oxygen atoms in total. The normalized spacial score (nSPS) is 11.0. The number of aryl methyl sites for hydroxylation is 2. The van der Waals surface area contributed by atoms with Crippen molar-refractivity contribution in [2.45, 2.75) is 26.8 Å². The molecule has 2 rings (SSSR count). The van der Waals surface area contributed by atoms with E-state index in [2.05, 4.69) is 20.6 Å². The lowest BCUT2D eigenvalue weighted by Gasteiger charge is -2.03. The monoisotopic (exact) mass is 305 g/mol. The first-order valence-corrected chi connectivity index (χ1v) is 6.87. The Bertz CT molecular complexity index is 651. The van der Waals surface area contributed by atoms with Gasteiger partial charge in [0.25, 0.3) is 0 Å². The van der Waals surface area contributed by atoms with Crippen LogP contribution in [0.5, 0.6) is 0 Å². The number of amides is 1. The Morgan fingerprint density at radius 3 is 2.76 bits per heavy atom. The Hall–Kier alpha value is -2.21. The van der Waals surface area contributed by atoms with E-state index in [1.165, 1.54) is 0 Å². The van der Waals surface area contributed by atoms with Gasteiger partial charge in [0.2, 0.25) is 5.91 Å². The fraction of sp³-hybridized carbons (Fsp3) is 0.286. The standard InChI is InChI=1S/C14H16ClN5O/c1-10-14(15)11(2)20(19-10)8-5-13(21)18-17-9-12-3-6-16-7-4-12/h3-4,6-7,9H,5,8H2,1-2H3,(H,18,21)/b17-9+. The molecule has 7 heteroatoms. The van der Waals surface area contributed by atoms with Crippen molar-refractivity contribution in [3.05, 3.63) is 46.5 Å². The van der Waals surface area contributed by atoms with E-state index in [1.54, 1.807) is 35.4 Å². The van der Waals surface area contributed by atoms with E-state index in [9.17, 15) is 4.79 Å². The third-order valence-corrected chi connectivity index (χ3v) is 3.50. The third kappa shape index (κ3) is 4.13. The maximum absolute atomic E-state index is 11.7. The van der Waals surface area contributed by atoms with Crippen molar-refractivity contribution >= 4 is 23.7 Å². The van der Waals surface area contributed by atoms with Gasteiger partial charge in [-0.3, -0.25) is 14.5 Å². The van der Waals surface area contributed by atoms with E-state index in [4.69, 9.17) is 11.6 Å². The van der Waals surface area contributed by atoms with Crippen molar-refractivity contribution < 1.29 is 4.79 Å². The molecule has 1 N–H and O–H groups in total. The lowest BCUT2D eigenvalue weighted by atomic mass is 10.3. The number of pyridine rings is 1. The van der Waals surface area contributed by atoms with Crippen LogP contribution in [-0.2, 0) is 11.3 Å². The number of carbonyl (C=O) groups is 1. The number of hydrogen-bond acceptors (Lipinski definition) is 4. The molecule has 0 aliphatic carbocycles. The highest BCUT2D eigenvalue weighted by molar-refractivity contribution is 6.31. The lowest BCUT2D eigenvalue weighted by Crippen LogP contribution is -2.20. The SMILES string of the molecule is Cc1nn(CCC(=O)N/N=C/c2ccncc2)c(C)c1Cl. The van der Waals surface area contributed by atoms with Gasteiger partial charge < -0.3 is 0 Å². The molecule has 0 aliphatic heterocycles. The van der Waals surface area contributed by atoms with Crippen LogP contribution in [0.3, 0.4) is 0 Å². The van der Waals surface area contributed by atoms with Crippen LogP contribution in [0.4, 0.5) is 0 Å². The molecular formula is C14H16ClN5O. The van der Waals surface area contributed by atoms with Crippen molar-refractivity contribution in [1.82, 2.24) is 20.2 Å². The maximum atomic E-state index is 11.7. The average Bonchev–Trinajstić information content (AvgIpc) is 2.73. The number of halogens is 1. The number of nitrogens with zero attached hydrogens (tertiary/aromatic N) is 4. The molecule has 0 aromatic carbocycles. The second kappa shape index (κ2) is 6.99. The van der Waals surface area contributed by atoms with Crippen molar-refractivity contribution in [2.75, 3.05) is 0 Å². The molecule has 0 atom stereocenters. The summed E-state index contributed by atoms with van der Waals surface area (Å²) < 4.78 is 1.73. The number of hydrazone groups is 1. The van der Waals surface area contributed by atoms with Crippen LogP contribution in [0, 0.1) is 13.8 Å². The summed E-state index contributed by atoms with van der Waals surface area (Å²) in [6.07, 6.45) is 5.18. The van der Waals surface area contributed by atoms with Gasteiger partial charge in [-0.25, -0.2) is 5.43 Å². The molecule has 2 aromatic heterocycles. The fourth-order valence-corrected chi connectivity index (χ4v) is 1.92. The summed E-state index contributed by atoms with van der Waals surface area (Å²) in [5, 5.41) is 8.80. The maximum Gasteiger partial charge on any atom is 0.241 e. The van der Waals surface area contributed by atoms with E-state index in [1.807, 2.05) is 13.8 Å². The van der Waals surface area contributed by atoms with E-state index in [0.717, 1.165) is 17.0 Å². The predicted octanol–water partition coefficient (Wildman–Crippen LogP) is 2.09. The molecule has 0 aliphatic rings. The van der Waals surface area contributed by atoms with Crippen LogP contribution in [0.25, 0.3) is 0 Å². The van der Waals surface area contributed by atoms with Crippen molar-refractivity contribution in [1.29, 1.82) is 0 Å². The smallest absolute Gasteiger partial charge is 0.241 e. The Kier molecular flexibility index (Phi) is 5.05. The highest BCUT2D eigenvalue weighted by atomic mass is 35.5. The Morgan fingerprint density at radius 2 is 2.14 bits per heavy atom. The molecule has 110 valence electrons. The molecule has 0 saturated heterocycles. The van der Waals surface area contributed by atoms with E-state index in [0.29, 0.717) is 11.6 Å². The first-order valence-electron chi connectivity index (χ1n) is 6.49. The van der Waals surface area contributed by atoms with Gasteiger partial charge in [0.05, 0.1) is 29.2 Å².